The lowest BCUT2D eigenvalue weighted by molar-refractivity contribution is 0.304. The lowest BCUT2D eigenvalue weighted by atomic mass is 10.0. The van der Waals surface area contributed by atoms with Crippen molar-refractivity contribution in [1.82, 2.24) is 9.97 Å². The zero-order valence-electron chi connectivity index (χ0n) is 17.9. The zero-order valence-corrected chi connectivity index (χ0v) is 17.9. The van der Waals surface area contributed by atoms with Gasteiger partial charge in [-0.15, -0.1) is 0 Å². The predicted octanol–water partition coefficient (Wildman–Crippen LogP) is 7.04. The van der Waals surface area contributed by atoms with Crippen molar-refractivity contribution < 1.29 is 9.84 Å². The summed E-state index contributed by atoms with van der Waals surface area (Å²) >= 11 is 0. The van der Waals surface area contributed by atoms with E-state index < -0.39 is 0 Å². The molecule has 0 radical (unpaired) electrons. The summed E-state index contributed by atoms with van der Waals surface area (Å²) in [5.41, 5.74) is 3.20. The first-order valence-corrected chi connectivity index (χ1v) is 11.1. The van der Waals surface area contributed by atoms with E-state index in [4.69, 9.17) is 4.74 Å². The Balaban J connectivity index is 1.42. The summed E-state index contributed by atoms with van der Waals surface area (Å²) in [6, 6.07) is 16.4. The normalized spacial score (nSPS) is 10.8. The van der Waals surface area contributed by atoms with E-state index in [1.54, 1.807) is 0 Å². The molecule has 0 aliphatic heterocycles. The van der Waals surface area contributed by atoms with E-state index in [0.29, 0.717) is 5.82 Å². The number of nitrogens with zero attached hydrogens (tertiary/aromatic N) is 2. The Kier molecular flexibility index (Phi) is 8.70. The highest BCUT2D eigenvalue weighted by Gasteiger charge is 2.03. The third kappa shape index (κ3) is 6.87. The highest BCUT2D eigenvalue weighted by molar-refractivity contribution is 5.68. The molecule has 4 heteroatoms. The molecule has 0 fully saturated rings. The molecule has 0 saturated heterocycles. The molecule has 3 rings (SSSR count). The summed E-state index contributed by atoms with van der Waals surface area (Å²) in [6.45, 7) is 3.05. The summed E-state index contributed by atoms with van der Waals surface area (Å²) in [5.74, 6) is 1.60. The summed E-state index contributed by atoms with van der Waals surface area (Å²) in [5, 5.41) is 9.31. The van der Waals surface area contributed by atoms with Crippen LogP contribution in [-0.2, 0) is 0 Å². The molecule has 2 aromatic carbocycles. The summed E-state index contributed by atoms with van der Waals surface area (Å²) in [7, 11) is 0. The average Bonchev–Trinajstić information content (AvgIpc) is 2.79. The van der Waals surface area contributed by atoms with Crippen LogP contribution in [0, 0.1) is 0 Å². The smallest absolute Gasteiger partial charge is 0.159 e. The molecule has 30 heavy (non-hydrogen) atoms. The van der Waals surface area contributed by atoms with Crippen LogP contribution in [0.15, 0.2) is 60.9 Å². The molecule has 3 aromatic rings. The first-order chi connectivity index (χ1) is 14.8. The highest BCUT2D eigenvalue weighted by atomic mass is 16.5. The maximum atomic E-state index is 9.31. The van der Waals surface area contributed by atoms with Crippen LogP contribution in [0.25, 0.3) is 22.5 Å². The lowest BCUT2D eigenvalue weighted by Gasteiger charge is -2.08. The minimum Gasteiger partial charge on any atom is -0.505 e. The van der Waals surface area contributed by atoms with Crippen molar-refractivity contribution in [3.05, 3.63) is 60.9 Å². The van der Waals surface area contributed by atoms with Crippen LogP contribution in [0.3, 0.4) is 0 Å². The molecule has 0 aliphatic carbocycles. The SMILES string of the molecule is CCCCCCCCCCOc1ccc(-c2ccc(-c3ncc(O)cn3)cc2)cc1. The average molecular weight is 405 g/mol. The number of ether oxygens (including phenoxy) is 1. The first-order valence-electron chi connectivity index (χ1n) is 11.1. The second-order valence-electron chi connectivity index (χ2n) is 7.69. The van der Waals surface area contributed by atoms with E-state index in [9.17, 15) is 5.11 Å². The Hall–Kier alpha value is -2.88. The fraction of sp³-hybridized carbons (Fsp3) is 0.385. The van der Waals surface area contributed by atoms with E-state index in [-0.39, 0.29) is 5.75 Å². The third-order valence-electron chi connectivity index (χ3n) is 5.24. The van der Waals surface area contributed by atoms with Crippen LogP contribution >= 0.6 is 0 Å². The van der Waals surface area contributed by atoms with Crippen molar-refractivity contribution in [3.63, 3.8) is 0 Å². The van der Waals surface area contributed by atoms with Gasteiger partial charge in [0.05, 0.1) is 19.0 Å². The molecule has 0 aliphatic rings. The molecule has 0 bridgehead atoms. The second kappa shape index (κ2) is 12.0. The van der Waals surface area contributed by atoms with Crippen molar-refractivity contribution in [3.8, 4) is 34.0 Å². The fourth-order valence-electron chi connectivity index (χ4n) is 3.45. The standard InChI is InChI=1S/C26H32N2O2/c1-2-3-4-5-6-7-8-9-18-30-25-16-14-22(15-17-25)21-10-12-23(13-11-21)26-27-19-24(29)20-28-26/h10-17,19-20,29H,2-9,18H2,1H3. The molecule has 1 heterocycles. The van der Waals surface area contributed by atoms with Crippen molar-refractivity contribution in [1.29, 1.82) is 0 Å². The predicted molar refractivity (Wildman–Crippen MR) is 123 cm³/mol. The van der Waals surface area contributed by atoms with Crippen LogP contribution in [0.1, 0.15) is 58.3 Å². The fourth-order valence-corrected chi connectivity index (χ4v) is 3.45. The quantitative estimate of drug-likeness (QED) is 0.329. The number of rotatable bonds is 12. The Morgan fingerprint density at radius 1 is 0.667 bits per heavy atom. The van der Waals surface area contributed by atoms with E-state index >= 15 is 0 Å². The Bertz CT molecular complexity index is 859. The van der Waals surface area contributed by atoms with E-state index in [2.05, 4.69) is 41.2 Å². The summed E-state index contributed by atoms with van der Waals surface area (Å²) in [6.07, 6.45) is 13.3. The van der Waals surface area contributed by atoms with E-state index in [1.807, 2.05) is 24.3 Å². The van der Waals surface area contributed by atoms with Gasteiger partial charge in [-0.1, -0.05) is 88.3 Å². The summed E-state index contributed by atoms with van der Waals surface area (Å²) < 4.78 is 5.89. The molecular formula is C26H32N2O2. The molecule has 0 amide bonds. The number of benzene rings is 2. The van der Waals surface area contributed by atoms with Gasteiger partial charge in [-0.25, -0.2) is 9.97 Å². The van der Waals surface area contributed by atoms with Gasteiger partial charge in [-0.3, -0.25) is 0 Å². The first kappa shape index (κ1) is 21.8. The van der Waals surface area contributed by atoms with Gasteiger partial charge in [0.15, 0.2) is 11.6 Å². The van der Waals surface area contributed by atoms with Crippen LogP contribution in [-0.4, -0.2) is 21.7 Å². The molecule has 0 saturated carbocycles. The number of hydrogen-bond acceptors (Lipinski definition) is 4. The largest absolute Gasteiger partial charge is 0.505 e. The van der Waals surface area contributed by atoms with Crippen LogP contribution in [0.4, 0.5) is 0 Å². The molecule has 0 atom stereocenters. The molecule has 1 N–H and O–H groups in total. The molecule has 0 spiro atoms. The zero-order chi connectivity index (χ0) is 21.0. The van der Waals surface area contributed by atoms with Crippen LogP contribution in [0.2, 0.25) is 0 Å². The number of hydrogen-bond donors (Lipinski definition) is 1. The van der Waals surface area contributed by atoms with Gasteiger partial charge in [0.25, 0.3) is 0 Å². The Morgan fingerprint density at radius 2 is 1.17 bits per heavy atom. The van der Waals surface area contributed by atoms with Gasteiger partial charge in [0.2, 0.25) is 0 Å². The van der Waals surface area contributed by atoms with Crippen molar-refractivity contribution in [2.45, 2.75) is 58.3 Å². The Labute approximate surface area is 180 Å². The van der Waals surface area contributed by atoms with E-state index in [0.717, 1.165) is 35.5 Å². The Morgan fingerprint density at radius 3 is 1.77 bits per heavy atom. The maximum absolute atomic E-state index is 9.31. The maximum Gasteiger partial charge on any atom is 0.159 e. The molecule has 4 nitrogen and oxygen atoms in total. The number of aromatic hydroxyl groups is 1. The molecule has 1 aromatic heterocycles. The topological polar surface area (TPSA) is 55.2 Å². The third-order valence-corrected chi connectivity index (χ3v) is 5.24. The molecule has 0 unspecified atom stereocenters. The minimum atomic E-state index is 0.0695. The number of aromatic nitrogens is 2. The second-order valence-corrected chi connectivity index (χ2v) is 7.69. The number of unbranched alkanes of at least 4 members (excludes halogenated alkanes) is 7. The van der Waals surface area contributed by atoms with Gasteiger partial charge >= 0.3 is 0 Å². The van der Waals surface area contributed by atoms with Crippen molar-refractivity contribution in [2.75, 3.05) is 6.61 Å². The van der Waals surface area contributed by atoms with Crippen LogP contribution < -0.4 is 4.74 Å². The van der Waals surface area contributed by atoms with Gasteiger partial charge in [-0.2, -0.15) is 0 Å². The van der Waals surface area contributed by atoms with Crippen LogP contribution in [0.5, 0.6) is 11.5 Å². The van der Waals surface area contributed by atoms with Gasteiger partial charge < -0.3 is 9.84 Å². The highest BCUT2D eigenvalue weighted by Crippen LogP contribution is 2.25. The minimum absolute atomic E-state index is 0.0695. The summed E-state index contributed by atoms with van der Waals surface area (Å²) in [4.78, 5) is 8.30. The van der Waals surface area contributed by atoms with Gasteiger partial charge in [-0.05, 0) is 29.7 Å². The van der Waals surface area contributed by atoms with Crippen molar-refractivity contribution in [2.24, 2.45) is 0 Å². The molecular weight excluding hydrogens is 372 g/mol. The van der Waals surface area contributed by atoms with Gasteiger partial charge in [0, 0.05) is 5.56 Å². The van der Waals surface area contributed by atoms with Crippen molar-refractivity contribution >= 4 is 0 Å². The lowest BCUT2D eigenvalue weighted by Crippen LogP contribution is -1.97. The molecule has 158 valence electrons. The van der Waals surface area contributed by atoms with Gasteiger partial charge in [0.1, 0.15) is 5.75 Å². The van der Waals surface area contributed by atoms with E-state index in [1.165, 1.54) is 57.3 Å². The monoisotopic (exact) mass is 404 g/mol.